The highest BCUT2D eigenvalue weighted by Crippen LogP contribution is 2.26. The van der Waals surface area contributed by atoms with Crippen molar-refractivity contribution in [2.45, 2.75) is 13.5 Å². The van der Waals surface area contributed by atoms with Crippen LogP contribution in [0.25, 0.3) is 34.1 Å². The normalized spacial score (nSPS) is 14.2. The molecule has 0 radical (unpaired) electrons. The molecule has 10 nitrogen and oxygen atoms in total. The van der Waals surface area contributed by atoms with Gasteiger partial charge in [-0.05, 0) is 33.2 Å². The van der Waals surface area contributed by atoms with Crippen molar-refractivity contribution in [2.75, 3.05) is 51.8 Å². The Morgan fingerprint density at radius 1 is 0.892 bits per heavy atom. The van der Waals surface area contributed by atoms with Crippen LogP contribution >= 0.6 is 0 Å². The molecule has 4 aromatic heterocycles. The average Bonchev–Trinajstić information content (AvgIpc) is 3.66. The molecule has 1 aliphatic heterocycles. The van der Waals surface area contributed by atoms with Gasteiger partial charge in [-0.1, -0.05) is 30.3 Å². The third kappa shape index (κ3) is 4.73. The van der Waals surface area contributed by atoms with E-state index in [4.69, 9.17) is 25.0 Å². The lowest BCUT2D eigenvalue weighted by molar-refractivity contribution is 0.122. The first-order valence-corrected chi connectivity index (χ1v) is 12.6. The zero-order chi connectivity index (χ0) is 25.4. The van der Waals surface area contributed by atoms with Gasteiger partial charge in [0.2, 0.25) is 0 Å². The minimum Gasteiger partial charge on any atom is -0.378 e. The minimum atomic E-state index is 0.683. The Kier molecular flexibility index (Phi) is 6.19. The van der Waals surface area contributed by atoms with Crippen molar-refractivity contribution in [3.05, 3.63) is 66.5 Å². The van der Waals surface area contributed by atoms with Gasteiger partial charge < -0.3 is 14.5 Å². The van der Waals surface area contributed by atoms with E-state index in [-0.39, 0.29) is 0 Å². The Labute approximate surface area is 215 Å². The van der Waals surface area contributed by atoms with Crippen molar-refractivity contribution in [2.24, 2.45) is 0 Å². The molecule has 0 amide bonds. The van der Waals surface area contributed by atoms with E-state index in [9.17, 15) is 0 Å². The number of morpholine rings is 1. The van der Waals surface area contributed by atoms with Crippen molar-refractivity contribution < 1.29 is 4.74 Å². The molecule has 37 heavy (non-hydrogen) atoms. The predicted octanol–water partition coefficient (Wildman–Crippen LogP) is 3.15. The molecule has 1 aliphatic rings. The number of nitrogens with zero attached hydrogens (tertiary/aromatic N) is 9. The maximum Gasteiger partial charge on any atom is 0.160 e. The molecule has 0 atom stereocenters. The second-order valence-corrected chi connectivity index (χ2v) is 9.58. The second-order valence-electron chi connectivity index (χ2n) is 9.58. The molecule has 1 saturated heterocycles. The largest absolute Gasteiger partial charge is 0.378 e. The average molecular weight is 498 g/mol. The van der Waals surface area contributed by atoms with Crippen LogP contribution in [0.15, 0.2) is 60.8 Å². The van der Waals surface area contributed by atoms with Crippen molar-refractivity contribution >= 4 is 11.5 Å². The summed E-state index contributed by atoms with van der Waals surface area (Å²) in [7, 11) is 4.14. The van der Waals surface area contributed by atoms with Gasteiger partial charge in [0.25, 0.3) is 0 Å². The third-order valence-corrected chi connectivity index (χ3v) is 6.63. The molecule has 0 bridgehead atoms. The zero-order valence-electron chi connectivity index (χ0n) is 21.4. The number of ether oxygens (including phenoxy) is 1. The second kappa shape index (κ2) is 9.79. The van der Waals surface area contributed by atoms with Crippen molar-refractivity contribution in [1.82, 2.24) is 39.1 Å². The Balaban J connectivity index is 1.41. The standard InChI is InChI=1S/C27H31N9O/c1-20-17-23(30-34(20)12-11-32(2)3)24-18-26-28-25(19-27(36(26)31-24)33-13-15-37-16-14-33)35-10-9-22(29-35)21-7-5-4-6-8-21/h4-10,17-19H,11-16H2,1-3H3. The predicted molar refractivity (Wildman–Crippen MR) is 143 cm³/mol. The Hall–Kier alpha value is -4.02. The van der Waals surface area contributed by atoms with Crippen molar-refractivity contribution in [3.63, 3.8) is 0 Å². The molecule has 190 valence electrons. The fourth-order valence-electron chi connectivity index (χ4n) is 4.58. The molecular formula is C27H31N9O. The molecule has 0 N–H and O–H groups in total. The summed E-state index contributed by atoms with van der Waals surface area (Å²) in [6.45, 7) is 6.79. The highest BCUT2D eigenvalue weighted by Gasteiger charge is 2.20. The van der Waals surface area contributed by atoms with E-state index in [1.165, 1.54) is 0 Å². The Morgan fingerprint density at radius 2 is 1.68 bits per heavy atom. The monoisotopic (exact) mass is 497 g/mol. The fourth-order valence-corrected chi connectivity index (χ4v) is 4.58. The van der Waals surface area contributed by atoms with E-state index in [0.717, 1.165) is 71.8 Å². The van der Waals surface area contributed by atoms with Gasteiger partial charge in [0.05, 0.1) is 25.5 Å². The number of aryl methyl sites for hydroxylation is 1. The molecule has 0 unspecified atom stereocenters. The van der Waals surface area contributed by atoms with Crippen LogP contribution in [0.3, 0.4) is 0 Å². The summed E-state index contributed by atoms with van der Waals surface area (Å²) >= 11 is 0. The summed E-state index contributed by atoms with van der Waals surface area (Å²) in [6, 6.07) is 18.3. The van der Waals surface area contributed by atoms with Gasteiger partial charge in [0, 0.05) is 49.2 Å². The van der Waals surface area contributed by atoms with Gasteiger partial charge in [-0.15, -0.1) is 0 Å². The van der Waals surface area contributed by atoms with E-state index in [1.54, 1.807) is 0 Å². The van der Waals surface area contributed by atoms with Crippen LogP contribution in [-0.4, -0.2) is 86.0 Å². The fraction of sp³-hybridized carbons (Fsp3) is 0.333. The Morgan fingerprint density at radius 3 is 2.46 bits per heavy atom. The SMILES string of the molecule is Cc1cc(-c2cc3nc(-n4ccc(-c5ccccc5)n4)cc(N4CCOCC4)n3n2)nn1CCN(C)C. The smallest absolute Gasteiger partial charge is 0.160 e. The maximum atomic E-state index is 5.61. The zero-order valence-corrected chi connectivity index (χ0v) is 21.4. The van der Waals surface area contributed by atoms with Crippen LogP contribution in [0, 0.1) is 6.92 Å². The lowest BCUT2D eigenvalue weighted by Gasteiger charge is -2.29. The van der Waals surface area contributed by atoms with Gasteiger partial charge in [0.1, 0.15) is 17.2 Å². The van der Waals surface area contributed by atoms with E-state index in [1.807, 2.05) is 50.4 Å². The Bertz CT molecular complexity index is 1510. The topological polar surface area (TPSA) is 81.5 Å². The first-order chi connectivity index (χ1) is 18.0. The van der Waals surface area contributed by atoms with Crippen molar-refractivity contribution in [3.8, 4) is 28.5 Å². The van der Waals surface area contributed by atoms with Crippen LogP contribution in [0.4, 0.5) is 5.82 Å². The van der Waals surface area contributed by atoms with E-state index >= 15 is 0 Å². The minimum absolute atomic E-state index is 0.683. The van der Waals surface area contributed by atoms with Crippen LogP contribution < -0.4 is 4.90 Å². The van der Waals surface area contributed by atoms with Gasteiger partial charge >= 0.3 is 0 Å². The van der Waals surface area contributed by atoms with Crippen LogP contribution in [-0.2, 0) is 11.3 Å². The van der Waals surface area contributed by atoms with Gasteiger partial charge in [0.15, 0.2) is 11.5 Å². The van der Waals surface area contributed by atoms with Gasteiger partial charge in [-0.3, -0.25) is 4.68 Å². The first kappa shape index (κ1) is 23.4. The molecule has 10 heteroatoms. The quantitative estimate of drug-likeness (QED) is 0.342. The van der Waals surface area contributed by atoms with Crippen LogP contribution in [0.1, 0.15) is 5.69 Å². The molecule has 0 spiro atoms. The maximum absolute atomic E-state index is 5.61. The molecule has 0 aliphatic carbocycles. The summed E-state index contributed by atoms with van der Waals surface area (Å²) in [4.78, 5) is 9.39. The number of benzene rings is 1. The number of hydrogen-bond donors (Lipinski definition) is 0. The number of rotatable bonds is 7. The molecule has 5 heterocycles. The molecule has 5 aromatic rings. The number of hydrogen-bond acceptors (Lipinski definition) is 7. The van der Waals surface area contributed by atoms with E-state index < -0.39 is 0 Å². The lowest BCUT2D eigenvalue weighted by Crippen LogP contribution is -2.37. The summed E-state index contributed by atoms with van der Waals surface area (Å²) in [5, 5.41) is 14.6. The highest BCUT2D eigenvalue weighted by molar-refractivity contribution is 5.65. The van der Waals surface area contributed by atoms with Crippen LogP contribution in [0.2, 0.25) is 0 Å². The van der Waals surface area contributed by atoms with Crippen LogP contribution in [0.5, 0.6) is 0 Å². The highest BCUT2D eigenvalue weighted by atomic mass is 16.5. The van der Waals surface area contributed by atoms with E-state index in [2.05, 4.69) is 55.1 Å². The molecule has 6 rings (SSSR count). The van der Waals surface area contributed by atoms with Crippen molar-refractivity contribution in [1.29, 1.82) is 0 Å². The number of aromatic nitrogens is 7. The molecule has 0 saturated carbocycles. The third-order valence-electron chi connectivity index (χ3n) is 6.63. The number of fused-ring (bicyclic) bond motifs is 1. The summed E-state index contributed by atoms with van der Waals surface area (Å²) in [5.74, 6) is 1.71. The van der Waals surface area contributed by atoms with E-state index in [0.29, 0.717) is 13.2 Å². The summed E-state index contributed by atoms with van der Waals surface area (Å²) in [5.41, 5.74) is 5.50. The molecule has 1 fully saturated rings. The van der Waals surface area contributed by atoms with Gasteiger partial charge in [-0.2, -0.15) is 19.8 Å². The lowest BCUT2D eigenvalue weighted by atomic mass is 10.2. The summed E-state index contributed by atoms with van der Waals surface area (Å²) < 4.78 is 11.4. The number of likely N-dealkylation sites (N-methyl/N-ethyl adjacent to an activating group) is 1. The summed E-state index contributed by atoms with van der Waals surface area (Å²) in [6.07, 6.45) is 1.96. The molecule has 1 aromatic carbocycles. The first-order valence-electron chi connectivity index (χ1n) is 12.6. The molecular weight excluding hydrogens is 466 g/mol. The van der Waals surface area contributed by atoms with Gasteiger partial charge in [-0.25, -0.2) is 9.67 Å². The number of anilines is 1.